The van der Waals surface area contributed by atoms with Gasteiger partial charge in [-0.2, -0.15) is 5.26 Å². The van der Waals surface area contributed by atoms with Gasteiger partial charge in [0.1, 0.15) is 5.69 Å². The summed E-state index contributed by atoms with van der Waals surface area (Å²) >= 11 is 0. The number of carbonyl (C=O) groups is 1. The number of carbonyl (C=O) groups excluding carboxylic acids is 1. The van der Waals surface area contributed by atoms with Crippen LogP contribution in [0.3, 0.4) is 0 Å². The first-order valence-corrected chi connectivity index (χ1v) is 5.87. The molecule has 0 spiro atoms. The van der Waals surface area contributed by atoms with Crippen LogP contribution in [0.15, 0.2) is 18.3 Å². The molecule has 0 unspecified atom stereocenters. The van der Waals surface area contributed by atoms with Gasteiger partial charge in [-0.3, -0.25) is 4.79 Å². The molecular formula is C14H15N3O2. The molecular weight excluding hydrogens is 242 g/mol. The standard InChI is InChI=1S/C14H15N3O2/c1-17(9-4-8-15)14(19)13-7-6-12(11-16-13)5-2-3-10-18/h6-7,11,18H,3-4,9-10H2,1H3. The second-order valence-corrected chi connectivity index (χ2v) is 3.84. The summed E-state index contributed by atoms with van der Waals surface area (Å²) < 4.78 is 0. The lowest BCUT2D eigenvalue weighted by Gasteiger charge is -2.14. The van der Waals surface area contributed by atoms with Gasteiger partial charge in [0.15, 0.2) is 0 Å². The number of aliphatic hydroxyl groups is 1. The number of nitrogens with zero attached hydrogens (tertiary/aromatic N) is 3. The van der Waals surface area contributed by atoms with Crippen LogP contribution in [-0.4, -0.2) is 41.1 Å². The lowest BCUT2D eigenvalue weighted by Crippen LogP contribution is -2.28. The normalized spacial score (nSPS) is 9.11. The van der Waals surface area contributed by atoms with Gasteiger partial charge in [-0.1, -0.05) is 11.8 Å². The molecule has 0 aliphatic rings. The molecule has 1 heterocycles. The van der Waals surface area contributed by atoms with E-state index < -0.39 is 0 Å². The molecule has 0 saturated heterocycles. The molecule has 0 bridgehead atoms. The van der Waals surface area contributed by atoms with Crippen molar-refractivity contribution in [2.45, 2.75) is 12.8 Å². The minimum Gasteiger partial charge on any atom is -0.395 e. The molecule has 0 aliphatic heterocycles. The topological polar surface area (TPSA) is 77.2 Å². The second-order valence-electron chi connectivity index (χ2n) is 3.84. The van der Waals surface area contributed by atoms with Gasteiger partial charge in [0.25, 0.3) is 5.91 Å². The van der Waals surface area contributed by atoms with Gasteiger partial charge in [-0.25, -0.2) is 4.98 Å². The van der Waals surface area contributed by atoms with E-state index in [0.29, 0.717) is 30.6 Å². The van der Waals surface area contributed by atoms with Gasteiger partial charge in [0.2, 0.25) is 0 Å². The van der Waals surface area contributed by atoms with Crippen LogP contribution in [0.2, 0.25) is 0 Å². The predicted molar refractivity (Wildman–Crippen MR) is 70.0 cm³/mol. The van der Waals surface area contributed by atoms with E-state index in [-0.39, 0.29) is 12.5 Å². The highest BCUT2D eigenvalue weighted by atomic mass is 16.2. The summed E-state index contributed by atoms with van der Waals surface area (Å²) in [5, 5.41) is 17.1. The Morgan fingerprint density at radius 2 is 2.26 bits per heavy atom. The third-order valence-electron chi connectivity index (χ3n) is 2.36. The number of amides is 1. The van der Waals surface area contributed by atoms with Gasteiger partial charge < -0.3 is 10.0 Å². The first-order valence-electron chi connectivity index (χ1n) is 5.87. The van der Waals surface area contributed by atoms with Gasteiger partial charge in [-0.15, -0.1) is 0 Å². The van der Waals surface area contributed by atoms with Crippen LogP contribution in [0.1, 0.15) is 28.9 Å². The van der Waals surface area contributed by atoms with E-state index in [1.165, 1.54) is 11.1 Å². The van der Waals surface area contributed by atoms with Crippen molar-refractivity contribution in [3.8, 4) is 17.9 Å². The molecule has 5 nitrogen and oxygen atoms in total. The molecule has 1 aromatic rings. The van der Waals surface area contributed by atoms with Gasteiger partial charge in [-0.05, 0) is 12.1 Å². The van der Waals surface area contributed by atoms with E-state index in [1.807, 2.05) is 6.07 Å². The van der Waals surface area contributed by atoms with Gasteiger partial charge in [0.05, 0.1) is 19.1 Å². The highest BCUT2D eigenvalue weighted by molar-refractivity contribution is 5.92. The summed E-state index contributed by atoms with van der Waals surface area (Å²) in [6.45, 7) is 0.412. The quantitative estimate of drug-likeness (QED) is 0.809. The minimum absolute atomic E-state index is 0.0285. The van der Waals surface area contributed by atoms with E-state index in [2.05, 4.69) is 16.8 Å². The van der Waals surface area contributed by atoms with Crippen molar-refractivity contribution in [3.63, 3.8) is 0 Å². The highest BCUT2D eigenvalue weighted by Gasteiger charge is 2.12. The summed E-state index contributed by atoms with van der Waals surface area (Å²) in [7, 11) is 1.64. The number of pyridine rings is 1. The molecule has 0 fully saturated rings. The third kappa shape index (κ3) is 4.79. The van der Waals surface area contributed by atoms with E-state index in [0.717, 1.165) is 0 Å². The second kappa shape index (κ2) is 7.86. The summed E-state index contributed by atoms with van der Waals surface area (Å²) in [6, 6.07) is 5.31. The molecule has 1 aromatic heterocycles. The minimum atomic E-state index is -0.217. The predicted octanol–water partition coefficient (Wildman–Crippen LogP) is 0.801. The van der Waals surface area contributed by atoms with Crippen molar-refractivity contribution in [3.05, 3.63) is 29.6 Å². The lowest BCUT2D eigenvalue weighted by molar-refractivity contribution is 0.0792. The number of aliphatic hydroxyl groups excluding tert-OH is 1. The maximum atomic E-state index is 11.9. The number of hydrogen-bond acceptors (Lipinski definition) is 4. The summed E-state index contributed by atoms with van der Waals surface area (Å²) in [6.07, 6.45) is 2.24. The van der Waals surface area contributed by atoms with Crippen LogP contribution in [0.5, 0.6) is 0 Å². The zero-order valence-electron chi connectivity index (χ0n) is 10.8. The van der Waals surface area contributed by atoms with Crippen molar-refractivity contribution >= 4 is 5.91 Å². The molecule has 0 aliphatic carbocycles. The monoisotopic (exact) mass is 257 g/mol. The Hall–Kier alpha value is -2.37. The van der Waals surface area contributed by atoms with Crippen molar-refractivity contribution < 1.29 is 9.90 Å². The maximum absolute atomic E-state index is 11.9. The number of aromatic nitrogens is 1. The van der Waals surface area contributed by atoms with E-state index in [1.54, 1.807) is 19.2 Å². The molecule has 0 saturated carbocycles. The van der Waals surface area contributed by atoms with Gasteiger partial charge in [0, 0.05) is 31.8 Å². The fourth-order valence-corrected chi connectivity index (χ4v) is 1.33. The van der Waals surface area contributed by atoms with Crippen molar-refractivity contribution in [2.75, 3.05) is 20.2 Å². The summed E-state index contributed by atoms with van der Waals surface area (Å²) in [5.74, 6) is 5.40. The molecule has 98 valence electrons. The average Bonchev–Trinajstić information content (AvgIpc) is 2.45. The van der Waals surface area contributed by atoms with Crippen LogP contribution in [0.4, 0.5) is 0 Å². The summed E-state index contributed by atoms with van der Waals surface area (Å²) in [5.41, 5.74) is 1.03. The zero-order chi connectivity index (χ0) is 14.1. The molecule has 0 radical (unpaired) electrons. The first-order chi connectivity index (χ1) is 9.19. The average molecular weight is 257 g/mol. The number of rotatable bonds is 4. The Morgan fingerprint density at radius 3 is 2.84 bits per heavy atom. The van der Waals surface area contributed by atoms with Crippen LogP contribution in [0.25, 0.3) is 0 Å². The van der Waals surface area contributed by atoms with Crippen molar-refractivity contribution in [2.24, 2.45) is 0 Å². The smallest absolute Gasteiger partial charge is 0.272 e. The molecule has 1 N–H and O–H groups in total. The largest absolute Gasteiger partial charge is 0.395 e. The third-order valence-corrected chi connectivity index (χ3v) is 2.36. The highest BCUT2D eigenvalue weighted by Crippen LogP contribution is 2.03. The van der Waals surface area contributed by atoms with E-state index in [9.17, 15) is 4.79 Å². The summed E-state index contributed by atoms with van der Waals surface area (Å²) in [4.78, 5) is 17.4. The Balaban J connectivity index is 2.69. The van der Waals surface area contributed by atoms with Gasteiger partial charge >= 0.3 is 0 Å². The Labute approximate surface area is 112 Å². The Morgan fingerprint density at radius 1 is 1.47 bits per heavy atom. The molecule has 1 amide bonds. The molecule has 5 heteroatoms. The van der Waals surface area contributed by atoms with E-state index >= 15 is 0 Å². The molecule has 0 aromatic carbocycles. The molecule has 0 atom stereocenters. The molecule has 1 rings (SSSR count). The van der Waals surface area contributed by atoms with E-state index in [4.69, 9.17) is 10.4 Å². The Bertz CT molecular complexity index is 520. The van der Waals surface area contributed by atoms with Crippen LogP contribution < -0.4 is 0 Å². The first kappa shape index (κ1) is 14.7. The lowest BCUT2D eigenvalue weighted by atomic mass is 10.2. The van der Waals surface area contributed by atoms with Crippen LogP contribution in [-0.2, 0) is 0 Å². The SMILES string of the molecule is CN(CCC#N)C(=O)c1ccc(C#CCCO)cn1. The van der Waals surface area contributed by atoms with Crippen LogP contribution >= 0.6 is 0 Å². The fraction of sp³-hybridized carbons (Fsp3) is 0.357. The molecule has 19 heavy (non-hydrogen) atoms. The fourth-order valence-electron chi connectivity index (χ4n) is 1.33. The van der Waals surface area contributed by atoms with Crippen molar-refractivity contribution in [1.82, 2.24) is 9.88 Å². The Kier molecular flexibility index (Phi) is 6.08. The maximum Gasteiger partial charge on any atom is 0.272 e. The number of nitriles is 1. The zero-order valence-corrected chi connectivity index (χ0v) is 10.8. The number of hydrogen-bond donors (Lipinski definition) is 1. The van der Waals surface area contributed by atoms with Crippen molar-refractivity contribution in [1.29, 1.82) is 5.26 Å². The van der Waals surface area contributed by atoms with Crippen LogP contribution in [0, 0.1) is 23.2 Å².